The summed E-state index contributed by atoms with van der Waals surface area (Å²) in [5, 5.41) is 17.4. The molecule has 0 aliphatic carbocycles. The maximum Gasteiger partial charge on any atom is 0.413 e. The summed E-state index contributed by atoms with van der Waals surface area (Å²) < 4.78 is 71.2. The molecule has 0 unspecified atom stereocenters. The largest absolute Gasteiger partial charge is 0.744 e. The second-order valence-corrected chi connectivity index (χ2v) is 15.1. The Morgan fingerprint density at radius 2 is 1.00 bits per heavy atom. The van der Waals surface area contributed by atoms with Crippen molar-refractivity contribution in [2.24, 2.45) is 0 Å². The monoisotopic (exact) mass is 964 g/mol. The molecule has 0 saturated heterocycles. The number of nitrogens with zero attached hydrogens (tertiary/aromatic N) is 4. The zero-order chi connectivity index (χ0) is 30.4. The van der Waals surface area contributed by atoms with Crippen molar-refractivity contribution in [3.05, 3.63) is 97.5 Å². The number of benzene rings is 4. The molecule has 208 valence electrons. The molecule has 10 nitrogen and oxygen atoms in total. The van der Waals surface area contributed by atoms with Gasteiger partial charge in [-0.2, -0.15) is 0 Å². The number of hydrogen-bond donors (Lipinski definition) is 0. The van der Waals surface area contributed by atoms with Crippen molar-refractivity contribution in [1.29, 1.82) is 10.8 Å². The quantitative estimate of drug-likeness (QED) is 0.141. The molecule has 4 rings (SSSR count). The first kappa shape index (κ1) is 34.9. The normalized spacial score (nSPS) is 10.8. The van der Waals surface area contributed by atoms with Crippen LogP contribution in [0.25, 0.3) is 20.7 Å². The number of halogens is 6. The molecule has 4 aromatic carbocycles. The third-order valence-corrected chi connectivity index (χ3v) is 9.81. The molecule has 0 heterocycles. The fourth-order valence-electron chi connectivity index (χ4n) is 2.94. The molecule has 0 fully saturated rings. The van der Waals surface area contributed by atoms with Gasteiger partial charge in [-0.3, -0.25) is 0 Å². The van der Waals surface area contributed by atoms with Gasteiger partial charge < -0.3 is 9.11 Å². The van der Waals surface area contributed by atoms with Crippen molar-refractivity contribution in [1.82, 2.24) is 0 Å². The van der Waals surface area contributed by atoms with Gasteiger partial charge in [0.05, 0.1) is 9.79 Å². The zero-order valence-electron chi connectivity index (χ0n) is 19.1. The van der Waals surface area contributed by atoms with E-state index in [1.165, 1.54) is 24.3 Å². The van der Waals surface area contributed by atoms with E-state index in [0.717, 1.165) is 32.9 Å². The Hall–Kier alpha value is -1.32. The Labute approximate surface area is 279 Å². The minimum absolute atomic E-state index is 0.0792. The molecule has 0 aliphatic heterocycles. The van der Waals surface area contributed by atoms with Crippen LogP contribution < -0.4 is 0 Å². The SMILES string of the molecule is N#[N+]c1c(Br)cc(Br)cc1Br.N#[N+]c1c(Br)cc(Br)cc1Br.O=S(=O)([O-])c1ccc2ccccc2c1S(=O)(=O)[O-]. The Morgan fingerprint density at radius 1 is 0.600 bits per heavy atom. The number of rotatable bonds is 2. The van der Waals surface area contributed by atoms with Gasteiger partial charge in [-0.15, -0.1) is 0 Å². The van der Waals surface area contributed by atoms with Crippen LogP contribution in [0.15, 0.2) is 97.3 Å². The molecular formula is C22H10Br6N4O6S2. The fraction of sp³-hybridized carbons (Fsp3) is 0. The minimum atomic E-state index is -5.07. The summed E-state index contributed by atoms with van der Waals surface area (Å²) in [6.45, 7) is 0. The lowest BCUT2D eigenvalue weighted by Gasteiger charge is -2.17. The van der Waals surface area contributed by atoms with Gasteiger partial charge in [-0.25, -0.2) is 16.8 Å². The average Bonchev–Trinajstić information content (AvgIpc) is 2.82. The van der Waals surface area contributed by atoms with Crippen molar-refractivity contribution >= 4 is 138 Å². The highest BCUT2D eigenvalue weighted by molar-refractivity contribution is 9.12. The van der Waals surface area contributed by atoms with Crippen molar-refractivity contribution < 1.29 is 25.9 Å². The third kappa shape index (κ3) is 9.35. The molecule has 18 heteroatoms. The fourth-order valence-corrected chi connectivity index (χ4v) is 9.73. The molecule has 4 aromatic rings. The van der Waals surface area contributed by atoms with E-state index in [1.54, 1.807) is 30.3 Å². The number of fused-ring (bicyclic) bond motifs is 1. The van der Waals surface area contributed by atoms with Crippen LogP contribution in [-0.2, 0) is 20.2 Å². The highest BCUT2D eigenvalue weighted by Crippen LogP contribution is 2.37. The maximum atomic E-state index is 11.2. The van der Waals surface area contributed by atoms with Crippen molar-refractivity contribution in [2.75, 3.05) is 0 Å². The molecule has 0 aromatic heterocycles. The van der Waals surface area contributed by atoms with E-state index in [4.69, 9.17) is 10.8 Å². The maximum absolute atomic E-state index is 11.2. The molecule has 0 spiro atoms. The molecule has 0 bridgehead atoms. The molecule has 0 amide bonds. The molecule has 40 heavy (non-hydrogen) atoms. The minimum Gasteiger partial charge on any atom is -0.744 e. The smallest absolute Gasteiger partial charge is 0.413 e. The summed E-state index contributed by atoms with van der Waals surface area (Å²) >= 11 is 19.6. The molecule has 0 N–H and O–H groups in total. The standard InChI is InChI=1S/C10H8O6S2.2C6H2Br3N2/c11-17(12,13)9-6-5-7-3-1-2-4-8(7)10(9)18(14,15)16;2*7-3-1-4(8)6(11-10)5(9)2-3/h1-6H,(H,11,12,13)(H,14,15,16);2*1-2H/q;2*+1/p-2. The summed E-state index contributed by atoms with van der Waals surface area (Å²) in [5.41, 5.74) is 0.987. The number of diazo groups is 2. The first-order chi connectivity index (χ1) is 18.5. The average molecular weight is 970 g/mol. The van der Waals surface area contributed by atoms with Gasteiger partial charge in [-0.1, -0.05) is 62.2 Å². The van der Waals surface area contributed by atoms with E-state index in [0.29, 0.717) is 16.8 Å². The Bertz CT molecular complexity index is 1800. The topological polar surface area (TPSA) is 171 Å². The van der Waals surface area contributed by atoms with Crippen LogP contribution >= 0.6 is 95.6 Å². The Balaban J connectivity index is 0.000000222. The summed E-state index contributed by atoms with van der Waals surface area (Å²) in [6, 6.07) is 15.1. The van der Waals surface area contributed by atoms with E-state index in [2.05, 4.69) is 106 Å². The van der Waals surface area contributed by atoms with E-state index in [-0.39, 0.29) is 5.39 Å². The van der Waals surface area contributed by atoms with Crippen LogP contribution in [0.4, 0.5) is 11.4 Å². The molecule has 0 saturated carbocycles. The molecule has 0 aliphatic rings. The summed E-state index contributed by atoms with van der Waals surface area (Å²) in [5.74, 6) is 0. The highest BCUT2D eigenvalue weighted by Gasteiger charge is 2.19. The van der Waals surface area contributed by atoms with Crippen LogP contribution in [0.5, 0.6) is 0 Å². The van der Waals surface area contributed by atoms with Gasteiger partial charge in [0.1, 0.15) is 38.1 Å². The molecule has 0 radical (unpaired) electrons. The van der Waals surface area contributed by atoms with Crippen LogP contribution in [0, 0.1) is 10.8 Å². The van der Waals surface area contributed by atoms with Gasteiger partial charge in [-0.05, 0) is 99.4 Å². The van der Waals surface area contributed by atoms with Crippen molar-refractivity contribution in [3.63, 3.8) is 0 Å². The lowest BCUT2D eigenvalue weighted by atomic mass is 10.1. The van der Waals surface area contributed by atoms with E-state index >= 15 is 0 Å². The first-order valence-electron chi connectivity index (χ1n) is 9.94. The van der Waals surface area contributed by atoms with E-state index in [1.807, 2.05) is 0 Å². The van der Waals surface area contributed by atoms with E-state index in [9.17, 15) is 25.9 Å². The van der Waals surface area contributed by atoms with Gasteiger partial charge in [0, 0.05) is 14.3 Å². The summed E-state index contributed by atoms with van der Waals surface area (Å²) in [6.07, 6.45) is 0. The summed E-state index contributed by atoms with van der Waals surface area (Å²) in [7, 11) is -10.1. The second-order valence-electron chi connectivity index (χ2n) is 7.16. The van der Waals surface area contributed by atoms with Gasteiger partial charge in [0.2, 0.25) is 10.8 Å². The van der Waals surface area contributed by atoms with Crippen molar-refractivity contribution in [3.8, 4) is 0 Å². The van der Waals surface area contributed by atoms with Crippen LogP contribution in [0.1, 0.15) is 0 Å². The summed E-state index contributed by atoms with van der Waals surface area (Å²) in [4.78, 5) is 4.18. The Morgan fingerprint density at radius 3 is 1.35 bits per heavy atom. The van der Waals surface area contributed by atoms with Crippen LogP contribution in [-0.4, -0.2) is 25.9 Å². The van der Waals surface area contributed by atoms with Gasteiger partial charge >= 0.3 is 11.4 Å². The predicted octanol–water partition coefficient (Wildman–Crippen LogP) is 9.57. The zero-order valence-corrected chi connectivity index (χ0v) is 30.2. The first-order valence-corrected chi connectivity index (χ1v) is 17.5. The third-order valence-electron chi connectivity index (χ3n) is 4.53. The lowest BCUT2D eigenvalue weighted by Crippen LogP contribution is -2.09. The number of hydrogen-bond acceptors (Lipinski definition) is 8. The van der Waals surface area contributed by atoms with E-state index < -0.39 is 30.0 Å². The Kier molecular flexibility index (Phi) is 12.8. The van der Waals surface area contributed by atoms with Gasteiger partial charge in [0.15, 0.2) is 9.95 Å². The molecule has 0 atom stereocenters. The molecular weight excluding hydrogens is 960 g/mol. The van der Waals surface area contributed by atoms with Gasteiger partial charge in [0.25, 0.3) is 0 Å². The van der Waals surface area contributed by atoms with Crippen LogP contribution in [0.3, 0.4) is 0 Å². The predicted molar refractivity (Wildman–Crippen MR) is 168 cm³/mol. The highest BCUT2D eigenvalue weighted by atomic mass is 79.9. The second kappa shape index (κ2) is 14.7. The van der Waals surface area contributed by atoms with Crippen LogP contribution in [0.2, 0.25) is 0 Å². The lowest BCUT2D eigenvalue weighted by molar-refractivity contribution is 0.448. The van der Waals surface area contributed by atoms with Crippen molar-refractivity contribution in [2.45, 2.75) is 9.79 Å².